The molecule has 1 amide bonds. The molecule has 0 saturated carbocycles. The molecule has 0 bridgehead atoms. The normalized spacial score (nSPS) is 18.7. The molecular weight excluding hydrogens is 273 g/mol. The Hall–Kier alpha value is -0.0300. The van der Waals surface area contributed by atoms with E-state index in [4.69, 9.17) is 5.73 Å². The Labute approximate surface area is 123 Å². The van der Waals surface area contributed by atoms with Crippen molar-refractivity contribution in [3.63, 3.8) is 0 Å². The highest BCUT2D eigenvalue weighted by molar-refractivity contribution is 5.85. The molecule has 6 heteroatoms. The monoisotopic (exact) mass is 299 g/mol. The molecule has 18 heavy (non-hydrogen) atoms. The lowest BCUT2D eigenvalue weighted by Crippen LogP contribution is -2.48. The van der Waals surface area contributed by atoms with E-state index in [9.17, 15) is 4.79 Å². The fourth-order valence-electron chi connectivity index (χ4n) is 2.29. The number of nitrogens with two attached hydrogens (primary N) is 1. The Balaban J connectivity index is 0. The number of rotatable bonds is 6. The van der Waals surface area contributed by atoms with Crippen molar-refractivity contribution in [1.29, 1.82) is 0 Å². The predicted molar refractivity (Wildman–Crippen MR) is 80.6 cm³/mol. The van der Waals surface area contributed by atoms with E-state index in [2.05, 4.69) is 10.6 Å². The summed E-state index contributed by atoms with van der Waals surface area (Å²) in [4.78, 5) is 12.1. The van der Waals surface area contributed by atoms with Gasteiger partial charge in [-0.3, -0.25) is 4.79 Å². The molecule has 1 rings (SSSR count). The molecule has 0 aromatic carbocycles. The summed E-state index contributed by atoms with van der Waals surface area (Å²) in [5, 5.41) is 6.41. The smallest absolute Gasteiger partial charge is 0.227 e. The molecule has 4 N–H and O–H groups in total. The molecule has 0 aromatic rings. The topological polar surface area (TPSA) is 67.2 Å². The third kappa shape index (κ3) is 4.92. The summed E-state index contributed by atoms with van der Waals surface area (Å²) >= 11 is 0. The van der Waals surface area contributed by atoms with Crippen molar-refractivity contribution in [2.75, 3.05) is 19.6 Å². The van der Waals surface area contributed by atoms with Crippen LogP contribution in [0.3, 0.4) is 0 Å². The van der Waals surface area contributed by atoms with Crippen LogP contribution in [0.4, 0.5) is 0 Å². The second-order valence-electron chi connectivity index (χ2n) is 4.69. The van der Waals surface area contributed by atoms with Gasteiger partial charge < -0.3 is 16.4 Å². The lowest BCUT2D eigenvalue weighted by atomic mass is 9.81. The third-order valence-corrected chi connectivity index (χ3v) is 3.90. The number of amides is 1. The van der Waals surface area contributed by atoms with Gasteiger partial charge in [0.05, 0.1) is 5.41 Å². The Morgan fingerprint density at radius 3 is 2.39 bits per heavy atom. The van der Waals surface area contributed by atoms with Gasteiger partial charge in [0.1, 0.15) is 0 Å². The molecule has 1 aliphatic heterocycles. The van der Waals surface area contributed by atoms with Gasteiger partial charge in [-0.2, -0.15) is 0 Å². The molecule has 1 heterocycles. The molecule has 4 nitrogen and oxygen atoms in total. The highest BCUT2D eigenvalue weighted by atomic mass is 35.5. The Kier molecular flexibility index (Phi) is 11.1. The minimum absolute atomic E-state index is 0. The van der Waals surface area contributed by atoms with Crippen LogP contribution in [0.1, 0.15) is 39.5 Å². The summed E-state index contributed by atoms with van der Waals surface area (Å²) < 4.78 is 0. The van der Waals surface area contributed by atoms with Crippen LogP contribution in [0.25, 0.3) is 0 Å². The van der Waals surface area contributed by atoms with Gasteiger partial charge in [0, 0.05) is 19.1 Å². The number of hydrogen-bond donors (Lipinski definition) is 3. The number of hydrogen-bond acceptors (Lipinski definition) is 3. The minimum atomic E-state index is -0.362. The van der Waals surface area contributed by atoms with Gasteiger partial charge >= 0.3 is 0 Å². The summed E-state index contributed by atoms with van der Waals surface area (Å²) in [5.41, 5.74) is 5.37. The van der Waals surface area contributed by atoms with E-state index in [0.717, 1.165) is 32.4 Å². The van der Waals surface area contributed by atoms with Crippen molar-refractivity contribution in [3.8, 4) is 0 Å². The summed E-state index contributed by atoms with van der Waals surface area (Å²) in [5.74, 6) is 0.119. The van der Waals surface area contributed by atoms with Crippen molar-refractivity contribution in [3.05, 3.63) is 0 Å². The fourth-order valence-corrected chi connectivity index (χ4v) is 2.29. The molecule has 0 aliphatic carbocycles. The van der Waals surface area contributed by atoms with Crippen LogP contribution in [0.2, 0.25) is 0 Å². The first-order valence-corrected chi connectivity index (χ1v) is 6.40. The predicted octanol–water partition coefficient (Wildman–Crippen LogP) is 1.46. The first-order chi connectivity index (χ1) is 7.68. The van der Waals surface area contributed by atoms with Crippen molar-refractivity contribution < 1.29 is 4.79 Å². The van der Waals surface area contributed by atoms with Crippen molar-refractivity contribution in [1.82, 2.24) is 10.6 Å². The maximum atomic E-state index is 12.1. The van der Waals surface area contributed by atoms with E-state index in [1.54, 1.807) is 0 Å². The lowest BCUT2D eigenvalue weighted by Gasteiger charge is -2.29. The van der Waals surface area contributed by atoms with E-state index in [-0.39, 0.29) is 36.1 Å². The van der Waals surface area contributed by atoms with Crippen molar-refractivity contribution >= 4 is 30.7 Å². The van der Waals surface area contributed by atoms with Crippen LogP contribution < -0.4 is 16.4 Å². The zero-order valence-electron chi connectivity index (χ0n) is 11.3. The number of halogens is 2. The quantitative estimate of drug-likeness (QED) is 0.696. The van der Waals surface area contributed by atoms with Gasteiger partial charge in [-0.05, 0) is 32.2 Å². The maximum absolute atomic E-state index is 12.1. The second-order valence-corrected chi connectivity index (χ2v) is 4.69. The number of nitrogens with one attached hydrogen (secondary N) is 2. The molecule has 1 saturated heterocycles. The Morgan fingerprint density at radius 2 is 2.00 bits per heavy atom. The largest absolute Gasteiger partial charge is 0.354 e. The van der Waals surface area contributed by atoms with E-state index in [0.29, 0.717) is 12.6 Å². The molecule has 1 atom stereocenters. The van der Waals surface area contributed by atoms with E-state index in [1.165, 1.54) is 6.42 Å². The first-order valence-electron chi connectivity index (χ1n) is 6.40. The SMILES string of the molecule is CCC(CC)(CN)C(=O)NCC1CCCN1.Cl.Cl. The van der Waals surface area contributed by atoms with E-state index >= 15 is 0 Å². The highest BCUT2D eigenvalue weighted by Gasteiger charge is 2.33. The molecular formula is C12H27Cl2N3O. The summed E-state index contributed by atoms with van der Waals surface area (Å²) in [7, 11) is 0. The summed E-state index contributed by atoms with van der Waals surface area (Å²) in [6.07, 6.45) is 3.99. The molecule has 1 aliphatic rings. The van der Waals surface area contributed by atoms with Crippen LogP contribution in [0, 0.1) is 5.41 Å². The number of carbonyl (C=O) groups excluding carboxylic acids is 1. The zero-order valence-corrected chi connectivity index (χ0v) is 13.0. The second kappa shape index (κ2) is 9.84. The molecule has 1 fully saturated rings. The van der Waals surface area contributed by atoms with Crippen LogP contribution in [-0.4, -0.2) is 31.6 Å². The molecule has 1 unspecified atom stereocenters. The molecule has 0 spiro atoms. The highest BCUT2D eigenvalue weighted by Crippen LogP contribution is 2.24. The van der Waals surface area contributed by atoms with Gasteiger partial charge in [-0.1, -0.05) is 13.8 Å². The Bertz CT molecular complexity index is 221. The standard InChI is InChI=1S/C12H25N3O.2ClH/c1-3-12(4-2,9-13)11(16)15-8-10-6-5-7-14-10;;/h10,14H,3-9,13H2,1-2H3,(H,15,16);2*1H. The third-order valence-electron chi connectivity index (χ3n) is 3.90. The van der Waals surface area contributed by atoms with Gasteiger partial charge in [-0.25, -0.2) is 0 Å². The fraction of sp³-hybridized carbons (Fsp3) is 0.917. The van der Waals surface area contributed by atoms with E-state index in [1.807, 2.05) is 13.8 Å². The summed E-state index contributed by atoms with van der Waals surface area (Å²) in [6, 6.07) is 0.452. The van der Waals surface area contributed by atoms with Crippen LogP contribution in [0.15, 0.2) is 0 Å². The molecule has 110 valence electrons. The lowest BCUT2D eigenvalue weighted by molar-refractivity contribution is -0.131. The Morgan fingerprint density at radius 1 is 1.39 bits per heavy atom. The van der Waals surface area contributed by atoms with Crippen molar-refractivity contribution in [2.24, 2.45) is 11.1 Å². The van der Waals surface area contributed by atoms with Crippen LogP contribution in [-0.2, 0) is 4.79 Å². The van der Waals surface area contributed by atoms with Gasteiger partial charge in [-0.15, -0.1) is 24.8 Å². The molecule has 0 radical (unpaired) electrons. The van der Waals surface area contributed by atoms with Crippen LogP contribution >= 0.6 is 24.8 Å². The average Bonchev–Trinajstić information content (AvgIpc) is 2.82. The average molecular weight is 300 g/mol. The summed E-state index contributed by atoms with van der Waals surface area (Å²) in [6.45, 7) is 6.31. The minimum Gasteiger partial charge on any atom is -0.354 e. The van der Waals surface area contributed by atoms with Crippen LogP contribution in [0.5, 0.6) is 0 Å². The number of carbonyl (C=O) groups is 1. The van der Waals surface area contributed by atoms with E-state index < -0.39 is 0 Å². The first kappa shape index (κ1) is 20.3. The zero-order chi connectivity index (χ0) is 12.0. The van der Waals surface area contributed by atoms with Gasteiger partial charge in [0.2, 0.25) is 5.91 Å². The van der Waals surface area contributed by atoms with Gasteiger partial charge in [0.15, 0.2) is 0 Å². The maximum Gasteiger partial charge on any atom is 0.227 e. The van der Waals surface area contributed by atoms with Crippen molar-refractivity contribution in [2.45, 2.75) is 45.6 Å². The van der Waals surface area contributed by atoms with Gasteiger partial charge in [0.25, 0.3) is 0 Å². The molecule has 0 aromatic heterocycles.